The van der Waals surface area contributed by atoms with Crippen molar-refractivity contribution >= 4 is 56.5 Å². The van der Waals surface area contributed by atoms with Gasteiger partial charge in [0.1, 0.15) is 27.9 Å². The molecule has 7 aromatic rings. The Bertz CT molecular complexity index is 2230. The summed E-state index contributed by atoms with van der Waals surface area (Å²) >= 11 is 15.6. The van der Waals surface area contributed by atoms with E-state index in [1.807, 2.05) is 82.7 Å². The van der Waals surface area contributed by atoms with Crippen molar-refractivity contribution in [2.24, 2.45) is 0 Å². The second-order valence-electron chi connectivity index (χ2n) is 10.0. The fourth-order valence-corrected chi connectivity index (χ4v) is 7.18. The summed E-state index contributed by atoms with van der Waals surface area (Å²) in [7, 11) is 1.60. The number of hydrogen-bond acceptors (Lipinski definition) is 8. The maximum Gasteiger partial charge on any atom is 0.260 e. The fourth-order valence-electron chi connectivity index (χ4n) is 4.99. The van der Waals surface area contributed by atoms with Crippen molar-refractivity contribution in [2.75, 3.05) is 7.11 Å². The molecule has 0 unspecified atom stereocenters. The number of halogens is 2. The zero-order chi connectivity index (χ0) is 31.6. The second kappa shape index (κ2) is 13.0. The van der Waals surface area contributed by atoms with Crippen LogP contribution < -0.4 is 15.0 Å². The lowest BCUT2D eigenvalue weighted by Gasteiger charge is -2.13. The zero-order valence-electron chi connectivity index (χ0n) is 24.1. The van der Waals surface area contributed by atoms with E-state index in [-0.39, 0.29) is 5.56 Å². The molecular weight excluding hydrogens is 661 g/mol. The first-order chi connectivity index (χ1) is 22.5. The minimum Gasteiger partial charge on any atom is -0.496 e. The standard InChI is InChI=1S/C34H23Cl2N5O3S2/c1-43-28-16-11-20(35)17-25(28)31-39-40-34(41(31)21-12-14-23(15-13-21)44-22-7-3-2-4-8-22)46-19-29-37-32(42)30-26(18-45-33(30)38-29)24-9-5-6-10-27(24)36/h2-18H,19H2,1H3,(H,37,38,42). The number of rotatable bonds is 9. The van der Waals surface area contributed by atoms with E-state index in [2.05, 4.69) is 15.2 Å². The van der Waals surface area contributed by atoms with Gasteiger partial charge in [0, 0.05) is 26.6 Å². The van der Waals surface area contributed by atoms with Gasteiger partial charge in [-0.25, -0.2) is 4.98 Å². The minimum absolute atomic E-state index is 0.225. The molecule has 3 heterocycles. The third-order valence-corrected chi connectivity index (χ3v) is 9.48. The van der Waals surface area contributed by atoms with Crippen molar-refractivity contribution in [3.05, 3.63) is 129 Å². The number of fused-ring (bicyclic) bond motifs is 1. The van der Waals surface area contributed by atoms with E-state index in [1.165, 1.54) is 23.1 Å². The van der Waals surface area contributed by atoms with Gasteiger partial charge >= 0.3 is 0 Å². The van der Waals surface area contributed by atoms with Crippen LogP contribution in [0.1, 0.15) is 5.82 Å². The van der Waals surface area contributed by atoms with E-state index in [0.29, 0.717) is 59.9 Å². The molecule has 0 atom stereocenters. The van der Waals surface area contributed by atoms with Crippen LogP contribution in [-0.2, 0) is 5.75 Å². The highest BCUT2D eigenvalue weighted by Gasteiger charge is 2.21. The van der Waals surface area contributed by atoms with Crippen molar-refractivity contribution in [1.82, 2.24) is 24.7 Å². The van der Waals surface area contributed by atoms with Gasteiger partial charge in [0.2, 0.25) is 0 Å². The Kier molecular flexibility index (Phi) is 8.51. The number of ether oxygens (including phenoxy) is 2. The van der Waals surface area contributed by atoms with E-state index in [1.54, 1.807) is 31.4 Å². The highest BCUT2D eigenvalue weighted by atomic mass is 35.5. The molecule has 46 heavy (non-hydrogen) atoms. The van der Waals surface area contributed by atoms with E-state index < -0.39 is 0 Å². The van der Waals surface area contributed by atoms with Gasteiger partial charge < -0.3 is 14.5 Å². The summed E-state index contributed by atoms with van der Waals surface area (Å²) in [6, 6.07) is 30.0. The number of para-hydroxylation sites is 1. The first-order valence-electron chi connectivity index (χ1n) is 14.0. The molecule has 0 saturated heterocycles. The highest BCUT2D eigenvalue weighted by Crippen LogP contribution is 2.38. The van der Waals surface area contributed by atoms with Gasteiger partial charge in [0.15, 0.2) is 11.0 Å². The Morgan fingerprint density at radius 1 is 0.870 bits per heavy atom. The Labute approximate surface area is 281 Å². The molecule has 4 aromatic carbocycles. The summed E-state index contributed by atoms with van der Waals surface area (Å²) in [6.45, 7) is 0. The quantitative estimate of drug-likeness (QED) is 0.152. The van der Waals surface area contributed by atoms with E-state index in [9.17, 15) is 4.79 Å². The fraction of sp³-hybridized carbons (Fsp3) is 0.0588. The molecule has 0 aliphatic rings. The van der Waals surface area contributed by atoms with Crippen molar-refractivity contribution in [3.63, 3.8) is 0 Å². The third kappa shape index (κ3) is 6.00. The lowest BCUT2D eigenvalue weighted by molar-refractivity contribution is 0.416. The lowest BCUT2D eigenvalue weighted by Crippen LogP contribution is -2.11. The number of aromatic nitrogens is 5. The lowest BCUT2D eigenvalue weighted by atomic mass is 10.1. The average molecular weight is 685 g/mol. The molecule has 0 bridgehead atoms. The molecule has 3 aromatic heterocycles. The van der Waals surface area contributed by atoms with Crippen molar-refractivity contribution in [2.45, 2.75) is 10.9 Å². The van der Waals surface area contributed by atoms with Crippen LogP contribution in [0.2, 0.25) is 10.0 Å². The van der Waals surface area contributed by atoms with Gasteiger partial charge in [-0.3, -0.25) is 9.36 Å². The van der Waals surface area contributed by atoms with Crippen LogP contribution in [0.25, 0.3) is 38.4 Å². The van der Waals surface area contributed by atoms with Gasteiger partial charge in [-0.1, -0.05) is 71.4 Å². The van der Waals surface area contributed by atoms with Crippen molar-refractivity contribution in [3.8, 4) is 45.5 Å². The van der Waals surface area contributed by atoms with E-state index in [0.717, 1.165) is 22.6 Å². The maximum absolute atomic E-state index is 13.3. The molecule has 8 nitrogen and oxygen atoms in total. The van der Waals surface area contributed by atoms with E-state index >= 15 is 0 Å². The topological polar surface area (TPSA) is 94.9 Å². The smallest absolute Gasteiger partial charge is 0.260 e. The first-order valence-corrected chi connectivity index (χ1v) is 16.6. The van der Waals surface area contributed by atoms with Crippen LogP contribution in [0.3, 0.4) is 0 Å². The third-order valence-electron chi connectivity index (χ3n) is 7.10. The SMILES string of the molecule is COc1ccc(Cl)cc1-c1nnc(SCc2nc3scc(-c4ccccc4Cl)c3c(=O)[nH]2)n1-c1ccc(Oc2ccccc2)cc1. The van der Waals surface area contributed by atoms with Gasteiger partial charge in [0.05, 0.1) is 29.5 Å². The first kappa shape index (κ1) is 30.1. The molecule has 0 aliphatic carbocycles. The normalized spacial score (nSPS) is 11.2. The molecule has 7 rings (SSSR count). The molecule has 0 saturated carbocycles. The highest BCUT2D eigenvalue weighted by molar-refractivity contribution is 7.98. The second-order valence-corrected chi connectivity index (χ2v) is 12.7. The summed E-state index contributed by atoms with van der Waals surface area (Å²) in [5.41, 5.74) is 2.80. The van der Waals surface area contributed by atoms with Crippen LogP contribution in [0.4, 0.5) is 0 Å². The van der Waals surface area contributed by atoms with Crippen LogP contribution in [-0.4, -0.2) is 31.8 Å². The molecule has 228 valence electrons. The van der Waals surface area contributed by atoms with Crippen molar-refractivity contribution in [1.29, 1.82) is 0 Å². The predicted molar refractivity (Wildman–Crippen MR) is 185 cm³/mol. The summed E-state index contributed by atoms with van der Waals surface area (Å²) in [5.74, 6) is 3.41. The summed E-state index contributed by atoms with van der Waals surface area (Å²) < 4.78 is 13.6. The summed E-state index contributed by atoms with van der Waals surface area (Å²) in [4.78, 5) is 21.7. The number of nitrogens with zero attached hydrogens (tertiary/aromatic N) is 4. The molecule has 0 radical (unpaired) electrons. The van der Waals surface area contributed by atoms with Crippen LogP contribution >= 0.6 is 46.3 Å². The Balaban J connectivity index is 1.24. The molecule has 0 spiro atoms. The molecule has 12 heteroatoms. The van der Waals surface area contributed by atoms with Crippen molar-refractivity contribution < 1.29 is 9.47 Å². The maximum atomic E-state index is 13.3. The molecule has 0 aliphatic heterocycles. The molecule has 0 amide bonds. The number of aromatic amines is 1. The van der Waals surface area contributed by atoms with Crippen LogP contribution in [0.5, 0.6) is 17.2 Å². The predicted octanol–water partition coefficient (Wildman–Crippen LogP) is 9.30. The van der Waals surface area contributed by atoms with Gasteiger partial charge in [0.25, 0.3) is 5.56 Å². The summed E-state index contributed by atoms with van der Waals surface area (Å²) in [6.07, 6.45) is 0. The molecule has 0 fully saturated rings. The molecular formula is C34H23Cl2N5O3S2. The van der Waals surface area contributed by atoms with Gasteiger partial charge in [-0.05, 0) is 60.7 Å². The zero-order valence-corrected chi connectivity index (χ0v) is 27.3. The number of hydrogen-bond donors (Lipinski definition) is 1. The number of thioether (sulfide) groups is 1. The molecule has 1 N–H and O–H groups in total. The number of H-pyrrole nitrogens is 1. The number of nitrogens with one attached hydrogen (secondary N) is 1. The Morgan fingerprint density at radius 3 is 2.41 bits per heavy atom. The largest absolute Gasteiger partial charge is 0.496 e. The Hall–Kier alpha value is -4.61. The summed E-state index contributed by atoms with van der Waals surface area (Å²) in [5, 5.41) is 13.2. The van der Waals surface area contributed by atoms with Crippen LogP contribution in [0.15, 0.2) is 112 Å². The van der Waals surface area contributed by atoms with Gasteiger partial charge in [-0.15, -0.1) is 21.5 Å². The minimum atomic E-state index is -0.225. The monoisotopic (exact) mass is 683 g/mol. The van der Waals surface area contributed by atoms with Crippen LogP contribution in [0, 0.1) is 0 Å². The Morgan fingerprint density at radius 2 is 1.63 bits per heavy atom. The number of thiophene rings is 1. The van der Waals surface area contributed by atoms with E-state index in [4.69, 9.17) is 37.7 Å². The average Bonchev–Trinajstić information content (AvgIpc) is 3.70. The van der Waals surface area contributed by atoms with Gasteiger partial charge in [-0.2, -0.15) is 0 Å². The number of methoxy groups -OCH3 is 1. The number of benzene rings is 4.